The van der Waals surface area contributed by atoms with Crippen LogP contribution in [0.3, 0.4) is 0 Å². The summed E-state index contributed by atoms with van der Waals surface area (Å²) in [6.07, 6.45) is -1.46. The molecule has 23 heavy (non-hydrogen) atoms. The lowest BCUT2D eigenvalue weighted by Gasteiger charge is -2.17. The molecule has 1 rings (SSSR count). The van der Waals surface area contributed by atoms with Gasteiger partial charge in [-0.3, -0.25) is 0 Å². The molecule has 0 bridgehead atoms. The summed E-state index contributed by atoms with van der Waals surface area (Å²) in [5.41, 5.74) is 0.730. The molecule has 0 amide bonds. The van der Waals surface area contributed by atoms with E-state index >= 15 is 0 Å². The van der Waals surface area contributed by atoms with Gasteiger partial charge in [0.15, 0.2) is 11.6 Å². The number of rotatable bonds is 7. The van der Waals surface area contributed by atoms with E-state index in [1.54, 1.807) is 6.92 Å². The Bertz CT molecular complexity index is 507. The first kappa shape index (κ1) is 20.1. The van der Waals surface area contributed by atoms with Crippen LogP contribution >= 0.6 is 11.8 Å². The largest absolute Gasteiger partial charge is 0.490 e. The molecule has 1 aromatic rings. The van der Waals surface area contributed by atoms with Gasteiger partial charge in [-0.25, -0.2) is 4.39 Å². The van der Waals surface area contributed by atoms with E-state index in [9.17, 15) is 17.6 Å². The molecule has 0 spiro atoms. The Morgan fingerprint density at radius 1 is 1.09 bits per heavy atom. The topological polar surface area (TPSA) is 9.23 Å². The van der Waals surface area contributed by atoms with Crippen molar-refractivity contribution in [2.45, 2.75) is 58.0 Å². The minimum absolute atomic E-state index is 0.0241. The van der Waals surface area contributed by atoms with Gasteiger partial charge < -0.3 is 4.74 Å². The molecule has 0 aromatic heterocycles. The van der Waals surface area contributed by atoms with Gasteiger partial charge in [0, 0.05) is 4.90 Å². The summed E-state index contributed by atoms with van der Waals surface area (Å²) in [6.45, 7) is 8.40. The quantitative estimate of drug-likeness (QED) is 0.320. The van der Waals surface area contributed by atoms with Gasteiger partial charge in [-0.15, -0.1) is 11.8 Å². The second kappa shape index (κ2) is 8.27. The summed E-state index contributed by atoms with van der Waals surface area (Å²) in [4.78, 5) is 0.397. The van der Waals surface area contributed by atoms with Gasteiger partial charge in [-0.1, -0.05) is 20.8 Å². The number of hydrogen-bond acceptors (Lipinski definition) is 2. The molecule has 0 heterocycles. The third-order valence-corrected chi connectivity index (χ3v) is 4.42. The summed E-state index contributed by atoms with van der Waals surface area (Å²) in [6, 6.07) is 2.59. The number of thioether (sulfide) groups is 1. The van der Waals surface area contributed by atoms with Crippen molar-refractivity contribution in [1.29, 1.82) is 0 Å². The summed E-state index contributed by atoms with van der Waals surface area (Å²) in [7, 11) is 0. The Balaban J connectivity index is 2.58. The van der Waals surface area contributed by atoms with E-state index in [-0.39, 0.29) is 11.2 Å². The number of alkyl halides is 3. The number of unbranched alkanes of at least 4 members (excludes halogenated alkanes) is 1. The third-order valence-electron chi connectivity index (χ3n) is 3.20. The average molecular weight is 352 g/mol. The first-order valence-corrected chi connectivity index (χ1v) is 8.59. The SMILES string of the molecule is Cc1cc(F)c(OCCCCC(C)(C)C)cc1SCC(F)(F)F. The van der Waals surface area contributed by atoms with E-state index in [0.717, 1.165) is 19.3 Å². The lowest BCUT2D eigenvalue weighted by molar-refractivity contribution is -0.105. The highest BCUT2D eigenvalue weighted by molar-refractivity contribution is 7.99. The molecule has 0 fully saturated rings. The minimum atomic E-state index is -4.25. The molecular formula is C17H24F4OS. The third kappa shape index (κ3) is 8.49. The molecule has 0 aliphatic heterocycles. The number of ether oxygens (including phenoxy) is 1. The van der Waals surface area contributed by atoms with E-state index in [0.29, 0.717) is 28.8 Å². The van der Waals surface area contributed by atoms with Crippen molar-refractivity contribution < 1.29 is 22.3 Å². The van der Waals surface area contributed by atoms with Crippen LogP contribution in [0.2, 0.25) is 0 Å². The zero-order chi connectivity index (χ0) is 17.7. The van der Waals surface area contributed by atoms with E-state index in [2.05, 4.69) is 20.8 Å². The predicted molar refractivity (Wildman–Crippen MR) is 86.7 cm³/mol. The smallest absolute Gasteiger partial charge is 0.398 e. The van der Waals surface area contributed by atoms with Gasteiger partial charge >= 0.3 is 6.18 Å². The van der Waals surface area contributed by atoms with Gasteiger partial charge in [0.2, 0.25) is 0 Å². The number of benzene rings is 1. The van der Waals surface area contributed by atoms with Crippen LogP contribution in [0.25, 0.3) is 0 Å². The molecule has 0 N–H and O–H groups in total. The highest BCUT2D eigenvalue weighted by Crippen LogP contribution is 2.33. The van der Waals surface area contributed by atoms with Crippen LogP contribution < -0.4 is 4.74 Å². The number of halogens is 4. The molecule has 132 valence electrons. The van der Waals surface area contributed by atoms with Crippen LogP contribution in [0.4, 0.5) is 17.6 Å². The maximum Gasteiger partial charge on any atom is 0.398 e. The van der Waals surface area contributed by atoms with Gasteiger partial charge in [-0.05, 0) is 49.3 Å². The van der Waals surface area contributed by atoms with Crippen LogP contribution in [0, 0.1) is 18.2 Å². The monoisotopic (exact) mass is 352 g/mol. The summed E-state index contributed by atoms with van der Waals surface area (Å²) in [5.74, 6) is -1.50. The predicted octanol–water partition coefficient (Wildman–Crippen LogP) is 6.38. The van der Waals surface area contributed by atoms with Crippen molar-refractivity contribution in [3.05, 3.63) is 23.5 Å². The lowest BCUT2D eigenvalue weighted by atomic mass is 9.90. The van der Waals surface area contributed by atoms with Crippen LogP contribution in [0.5, 0.6) is 5.75 Å². The fourth-order valence-electron chi connectivity index (χ4n) is 2.00. The second-order valence-electron chi connectivity index (χ2n) is 6.82. The molecule has 0 saturated carbocycles. The van der Waals surface area contributed by atoms with E-state index in [1.165, 1.54) is 12.1 Å². The van der Waals surface area contributed by atoms with E-state index < -0.39 is 17.7 Å². The maximum absolute atomic E-state index is 13.8. The fraction of sp³-hybridized carbons (Fsp3) is 0.647. The first-order chi connectivity index (χ1) is 10.5. The zero-order valence-corrected chi connectivity index (χ0v) is 14.8. The maximum atomic E-state index is 13.8. The molecule has 0 aliphatic carbocycles. The van der Waals surface area contributed by atoms with Crippen LogP contribution in [0.1, 0.15) is 45.6 Å². The Labute approximate surface area is 139 Å². The van der Waals surface area contributed by atoms with Crippen LogP contribution in [0.15, 0.2) is 17.0 Å². The van der Waals surface area contributed by atoms with Crippen LogP contribution in [-0.2, 0) is 0 Å². The molecular weight excluding hydrogens is 328 g/mol. The van der Waals surface area contributed by atoms with Crippen molar-refractivity contribution >= 4 is 11.8 Å². The van der Waals surface area contributed by atoms with Gasteiger partial charge in [0.1, 0.15) is 0 Å². The van der Waals surface area contributed by atoms with Crippen LogP contribution in [-0.4, -0.2) is 18.5 Å². The Morgan fingerprint density at radius 2 is 1.74 bits per heavy atom. The Hall–Kier alpha value is -0.910. The lowest BCUT2D eigenvalue weighted by Crippen LogP contribution is -2.11. The minimum Gasteiger partial charge on any atom is -0.490 e. The molecule has 0 unspecified atom stereocenters. The van der Waals surface area contributed by atoms with E-state index in [1.807, 2.05) is 0 Å². The van der Waals surface area contributed by atoms with Crippen molar-refractivity contribution in [3.8, 4) is 5.75 Å². The standard InChI is InChI=1S/C17H24F4OS/c1-12-9-13(18)14(10-15(12)23-11-17(19,20)21)22-8-6-5-7-16(2,3)4/h9-10H,5-8,11H2,1-4H3. The number of aryl methyl sites for hydroxylation is 1. The summed E-state index contributed by atoms with van der Waals surface area (Å²) in [5, 5.41) is 0. The zero-order valence-electron chi connectivity index (χ0n) is 14.0. The highest BCUT2D eigenvalue weighted by Gasteiger charge is 2.27. The van der Waals surface area contributed by atoms with Crippen molar-refractivity contribution in [1.82, 2.24) is 0 Å². The summed E-state index contributed by atoms with van der Waals surface area (Å²) < 4.78 is 56.2. The van der Waals surface area contributed by atoms with Crippen molar-refractivity contribution in [2.24, 2.45) is 5.41 Å². The van der Waals surface area contributed by atoms with E-state index in [4.69, 9.17) is 4.74 Å². The molecule has 6 heteroatoms. The normalized spacial score (nSPS) is 12.5. The average Bonchev–Trinajstić information content (AvgIpc) is 2.37. The van der Waals surface area contributed by atoms with Gasteiger partial charge in [0.05, 0.1) is 12.4 Å². The Morgan fingerprint density at radius 3 is 2.30 bits per heavy atom. The molecule has 0 radical (unpaired) electrons. The Kier molecular flexibility index (Phi) is 7.24. The van der Waals surface area contributed by atoms with Gasteiger partial charge in [0.25, 0.3) is 0 Å². The fourth-order valence-corrected chi connectivity index (χ4v) is 2.80. The summed E-state index contributed by atoms with van der Waals surface area (Å²) >= 11 is 0.652. The molecule has 0 atom stereocenters. The molecule has 1 aromatic carbocycles. The number of hydrogen-bond donors (Lipinski definition) is 0. The first-order valence-electron chi connectivity index (χ1n) is 7.60. The van der Waals surface area contributed by atoms with Crippen molar-refractivity contribution in [2.75, 3.05) is 12.4 Å². The van der Waals surface area contributed by atoms with Gasteiger partial charge in [-0.2, -0.15) is 13.2 Å². The highest BCUT2D eigenvalue weighted by atomic mass is 32.2. The second-order valence-corrected chi connectivity index (χ2v) is 7.84. The molecule has 1 nitrogen and oxygen atoms in total. The molecule has 0 aliphatic rings. The van der Waals surface area contributed by atoms with Crippen molar-refractivity contribution in [3.63, 3.8) is 0 Å². The molecule has 0 saturated heterocycles.